The van der Waals surface area contributed by atoms with Crippen LogP contribution >= 0.6 is 0 Å². The molecule has 0 spiro atoms. The second-order valence-corrected chi connectivity index (χ2v) is 3.93. The lowest BCUT2D eigenvalue weighted by molar-refractivity contribution is 1.23. The van der Waals surface area contributed by atoms with Gasteiger partial charge in [0.1, 0.15) is 5.65 Å². The average Bonchev–Trinajstić information content (AvgIpc) is 2.40. The summed E-state index contributed by atoms with van der Waals surface area (Å²) in [6, 6.07) is 15.0. The Hall–Kier alpha value is -2.62. The molecule has 2 aromatic heterocycles. The molecular formula is C14H11N3O. The van der Waals surface area contributed by atoms with Gasteiger partial charge >= 0.3 is 0 Å². The first-order chi connectivity index (χ1) is 8.83. The molecule has 1 aromatic carbocycles. The summed E-state index contributed by atoms with van der Waals surface area (Å²) in [5.41, 5.74) is 2.36. The van der Waals surface area contributed by atoms with E-state index in [1.807, 2.05) is 36.4 Å². The van der Waals surface area contributed by atoms with Crippen molar-refractivity contribution >= 4 is 22.4 Å². The van der Waals surface area contributed by atoms with Crippen LogP contribution in [-0.4, -0.2) is 9.97 Å². The van der Waals surface area contributed by atoms with Crippen LogP contribution in [0.5, 0.6) is 0 Å². The molecule has 0 saturated carbocycles. The molecule has 0 saturated heterocycles. The average molecular weight is 237 g/mol. The third kappa shape index (κ3) is 1.96. The number of hydrogen-bond acceptors (Lipinski definition) is 3. The monoisotopic (exact) mass is 237 g/mol. The Bertz CT molecular complexity index is 735. The number of aromatic amines is 1. The zero-order chi connectivity index (χ0) is 12.4. The maximum Gasteiger partial charge on any atom is 0.249 e. The first-order valence-corrected chi connectivity index (χ1v) is 5.63. The van der Waals surface area contributed by atoms with E-state index in [9.17, 15) is 4.79 Å². The molecular weight excluding hydrogens is 226 g/mol. The summed E-state index contributed by atoms with van der Waals surface area (Å²) in [4.78, 5) is 18.1. The van der Waals surface area contributed by atoms with Crippen molar-refractivity contribution < 1.29 is 0 Å². The molecule has 3 rings (SSSR count). The standard InChI is InChI=1S/C14H11N3O/c18-13-7-6-11-12(8-9-15-14(11)17-13)16-10-4-2-1-3-5-10/h1-9H,(H2,15,16,17,18). The molecule has 2 heterocycles. The van der Waals surface area contributed by atoms with Crippen molar-refractivity contribution in [1.82, 2.24) is 9.97 Å². The Morgan fingerprint density at radius 1 is 1.00 bits per heavy atom. The highest BCUT2D eigenvalue weighted by molar-refractivity contribution is 5.90. The molecule has 0 bridgehead atoms. The van der Waals surface area contributed by atoms with E-state index < -0.39 is 0 Å². The maximum absolute atomic E-state index is 11.2. The molecule has 4 nitrogen and oxygen atoms in total. The van der Waals surface area contributed by atoms with Crippen molar-refractivity contribution in [2.24, 2.45) is 0 Å². The quantitative estimate of drug-likeness (QED) is 0.720. The predicted octanol–water partition coefficient (Wildman–Crippen LogP) is 2.67. The van der Waals surface area contributed by atoms with E-state index in [2.05, 4.69) is 15.3 Å². The van der Waals surface area contributed by atoms with Gasteiger partial charge in [-0.2, -0.15) is 0 Å². The number of nitrogens with zero attached hydrogens (tertiary/aromatic N) is 1. The highest BCUT2D eigenvalue weighted by Crippen LogP contribution is 2.22. The molecule has 88 valence electrons. The minimum atomic E-state index is -0.146. The lowest BCUT2D eigenvalue weighted by atomic mass is 10.2. The van der Waals surface area contributed by atoms with Crippen LogP contribution in [0, 0.1) is 0 Å². The second kappa shape index (κ2) is 4.33. The number of pyridine rings is 2. The molecule has 2 N–H and O–H groups in total. The molecule has 0 fully saturated rings. The van der Waals surface area contributed by atoms with Crippen LogP contribution in [0.4, 0.5) is 11.4 Å². The van der Waals surface area contributed by atoms with Crippen LogP contribution in [0.2, 0.25) is 0 Å². The predicted molar refractivity (Wildman–Crippen MR) is 72.1 cm³/mol. The summed E-state index contributed by atoms with van der Waals surface area (Å²) in [5.74, 6) is 0. The van der Waals surface area contributed by atoms with E-state index in [1.54, 1.807) is 12.3 Å². The fourth-order valence-corrected chi connectivity index (χ4v) is 1.84. The summed E-state index contributed by atoms with van der Waals surface area (Å²) in [7, 11) is 0. The molecule has 0 atom stereocenters. The first kappa shape index (κ1) is 10.5. The minimum absolute atomic E-state index is 0.146. The summed E-state index contributed by atoms with van der Waals surface area (Å²) in [6.45, 7) is 0. The molecule has 0 radical (unpaired) electrons. The van der Waals surface area contributed by atoms with Crippen LogP contribution in [0.25, 0.3) is 11.0 Å². The largest absolute Gasteiger partial charge is 0.355 e. The van der Waals surface area contributed by atoms with Gasteiger partial charge in [-0.15, -0.1) is 0 Å². The van der Waals surface area contributed by atoms with Crippen LogP contribution < -0.4 is 10.9 Å². The number of rotatable bonds is 2. The molecule has 0 unspecified atom stereocenters. The number of anilines is 2. The number of nitrogens with one attached hydrogen (secondary N) is 2. The van der Waals surface area contributed by atoms with E-state index in [0.717, 1.165) is 16.8 Å². The molecule has 0 aliphatic heterocycles. The number of hydrogen-bond donors (Lipinski definition) is 2. The van der Waals surface area contributed by atoms with Gasteiger partial charge in [0.05, 0.1) is 5.69 Å². The van der Waals surface area contributed by atoms with Gasteiger partial charge in [0.25, 0.3) is 0 Å². The van der Waals surface area contributed by atoms with Crippen LogP contribution in [-0.2, 0) is 0 Å². The molecule has 0 amide bonds. The summed E-state index contributed by atoms with van der Waals surface area (Å²) in [5, 5.41) is 4.19. The van der Waals surface area contributed by atoms with Gasteiger partial charge in [-0.3, -0.25) is 4.79 Å². The fourth-order valence-electron chi connectivity index (χ4n) is 1.84. The van der Waals surface area contributed by atoms with Crippen molar-refractivity contribution in [3.8, 4) is 0 Å². The highest BCUT2D eigenvalue weighted by Gasteiger charge is 2.02. The van der Waals surface area contributed by atoms with Gasteiger partial charge in [0.15, 0.2) is 0 Å². The van der Waals surface area contributed by atoms with Crippen molar-refractivity contribution in [2.75, 3.05) is 5.32 Å². The summed E-state index contributed by atoms with van der Waals surface area (Å²) < 4.78 is 0. The lowest BCUT2D eigenvalue weighted by Gasteiger charge is -2.08. The van der Waals surface area contributed by atoms with E-state index in [1.165, 1.54) is 6.07 Å². The second-order valence-electron chi connectivity index (χ2n) is 3.93. The number of fused-ring (bicyclic) bond motifs is 1. The van der Waals surface area contributed by atoms with E-state index in [0.29, 0.717) is 5.65 Å². The number of para-hydroxylation sites is 1. The third-order valence-corrected chi connectivity index (χ3v) is 2.69. The topological polar surface area (TPSA) is 57.8 Å². The van der Waals surface area contributed by atoms with Crippen molar-refractivity contribution in [1.29, 1.82) is 0 Å². The van der Waals surface area contributed by atoms with Gasteiger partial charge < -0.3 is 10.3 Å². The molecule has 4 heteroatoms. The summed E-state index contributed by atoms with van der Waals surface area (Å²) >= 11 is 0. The molecule has 0 aliphatic rings. The molecule has 0 aliphatic carbocycles. The Kier molecular flexibility index (Phi) is 2.53. The number of benzene rings is 1. The van der Waals surface area contributed by atoms with E-state index in [4.69, 9.17) is 0 Å². The van der Waals surface area contributed by atoms with Crippen LogP contribution in [0.15, 0.2) is 59.5 Å². The first-order valence-electron chi connectivity index (χ1n) is 5.63. The highest BCUT2D eigenvalue weighted by atomic mass is 16.1. The van der Waals surface area contributed by atoms with Gasteiger partial charge in [-0.1, -0.05) is 18.2 Å². The zero-order valence-electron chi connectivity index (χ0n) is 9.55. The SMILES string of the molecule is O=c1ccc2c(Nc3ccccc3)ccnc2[nH]1. The Morgan fingerprint density at radius 2 is 1.83 bits per heavy atom. The van der Waals surface area contributed by atoms with Gasteiger partial charge in [-0.05, 0) is 24.3 Å². The molecule has 18 heavy (non-hydrogen) atoms. The third-order valence-electron chi connectivity index (χ3n) is 2.69. The number of aromatic nitrogens is 2. The Balaban J connectivity index is 2.10. The van der Waals surface area contributed by atoms with Crippen LogP contribution in [0.3, 0.4) is 0 Å². The van der Waals surface area contributed by atoms with Gasteiger partial charge in [0.2, 0.25) is 5.56 Å². The summed E-state index contributed by atoms with van der Waals surface area (Å²) in [6.07, 6.45) is 1.67. The Morgan fingerprint density at radius 3 is 2.67 bits per heavy atom. The van der Waals surface area contributed by atoms with Crippen LogP contribution in [0.1, 0.15) is 0 Å². The minimum Gasteiger partial charge on any atom is -0.355 e. The smallest absolute Gasteiger partial charge is 0.249 e. The van der Waals surface area contributed by atoms with Crippen molar-refractivity contribution in [3.63, 3.8) is 0 Å². The zero-order valence-corrected chi connectivity index (χ0v) is 9.55. The normalized spacial score (nSPS) is 10.4. The van der Waals surface area contributed by atoms with Gasteiger partial charge in [0, 0.05) is 23.3 Å². The van der Waals surface area contributed by atoms with Crippen molar-refractivity contribution in [2.45, 2.75) is 0 Å². The van der Waals surface area contributed by atoms with E-state index >= 15 is 0 Å². The fraction of sp³-hybridized carbons (Fsp3) is 0. The number of H-pyrrole nitrogens is 1. The van der Waals surface area contributed by atoms with Gasteiger partial charge in [-0.25, -0.2) is 4.98 Å². The maximum atomic E-state index is 11.2. The van der Waals surface area contributed by atoms with Crippen molar-refractivity contribution in [3.05, 3.63) is 65.1 Å². The van der Waals surface area contributed by atoms with E-state index in [-0.39, 0.29) is 5.56 Å². The Labute approximate surface area is 103 Å². The molecule has 3 aromatic rings. The lowest BCUT2D eigenvalue weighted by Crippen LogP contribution is -2.04.